The van der Waals surface area contributed by atoms with Crippen molar-refractivity contribution in [2.24, 2.45) is 0 Å². The van der Waals surface area contributed by atoms with E-state index >= 15 is 0 Å². The lowest BCUT2D eigenvalue weighted by molar-refractivity contribution is -0.136. The van der Waals surface area contributed by atoms with Crippen molar-refractivity contribution in [2.45, 2.75) is 0 Å². The predicted molar refractivity (Wildman–Crippen MR) is 123 cm³/mol. The molecule has 32 heavy (non-hydrogen) atoms. The van der Waals surface area contributed by atoms with E-state index in [-0.39, 0.29) is 18.4 Å². The fourth-order valence-electron chi connectivity index (χ4n) is 3.46. The summed E-state index contributed by atoms with van der Waals surface area (Å²) in [5, 5.41) is 5.07. The first-order valence-electron chi connectivity index (χ1n) is 10.3. The number of nitrogens with one attached hydrogen (secondary N) is 1. The molecular weight excluding hydrogens is 426 g/mol. The van der Waals surface area contributed by atoms with Crippen LogP contribution in [0.3, 0.4) is 0 Å². The topological polar surface area (TPSA) is 79.0 Å². The molecule has 4 rings (SSSR count). The van der Waals surface area contributed by atoms with E-state index < -0.39 is 5.97 Å². The Morgan fingerprint density at radius 2 is 1.53 bits per heavy atom. The molecule has 0 radical (unpaired) electrons. The summed E-state index contributed by atoms with van der Waals surface area (Å²) in [6.45, 7) is 1.41. The summed E-state index contributed by atoms with van der Waals surface area (Å²) in [6, 6.07) is 20.2. The maximum Gasteiger partial charge on any atom is 0.340 e. The number of esters is 1. The standard InChI is InChI=1S/C24H23N3O4S/c28-22(26-12-14-27(15-13-26)23(29)21-11-6-16-32-21)17-31-24(30)19-9-4-5-10-20(19)25-18-7-2-1-3-8-18/h1-11,16,25H,12-15,17H2. The Balaban J connectivity index is 1.29. The zero-order chi connectivity index (χ0) is 22.3. The molecular formula is C24H23N3O4S. The van der Waals surface area contributed by atoms with Gasteiger partial charge in [-0.2, -0.15) is 0 Å². The first kappa shape index (κ1) is 21.6. The summed E-state index contributed by atoms with van der Waals surface area (Å²) < 4.78 is 5.31. The van der Waals surface area contributed by atoms with Gasteiger partial charge in [0.25, 0.3) is 11.8 Å². The van der Waals surface area contributed by atoms with Crippen molar-refractivity contribution < 1.29 is 19.1 Å². The fourth-order valence-corrected chi connectivity index (χ4v) is 4.15. The highest BCUT2D eigenvalue weighted by Crippen LogP contribution is 2.21. The molecule has 164 valence electrons. The first-order valence-corrected chi connectivity index (χ1v) is 11.2. The third kappa shape index (κ3) is 5.15. The van der Waals surface area contributed by atoms with Crippen LogP contribution < -0.4 is 5.32 Å². The van der Waals surface area contributed by atoms with Crippen LogP contribution in [0.2, 0.25) is 0 Å². The van der Waals surface area contributed by atoms with E-state index in [0.29, 0.717) is 42.3 Å². The van der Waals surface area contributed by atoms with Crippen LogP contribution in [-0.4, -0.2) is 60.4 Å². The zero-order valence-corrected chi connectivity index (χ0v) is 18.2. The Morgan fingerprint density at radius 3 is 2.25 bits per heavy atom. The monoisotopic (exact) mass is 449 g/mol. The van der Waals surface area contributed by atoms with E-state index in [2.05, 4.69) is 5.32 Å². The second-order valence-electron chi connectivity index (χ2n) is 7.26. The van der Waals surface area contributed by atoms with Crippen LogP contribution in [0.25, 0.3) is 0 Å². The molecule has 0 aliphatic carbocycles. The SMILES string of the molecule is O=C(OCC(=O)N1CCN(C(=O)c2cccs2)CC1)c1ccccc1Nc1ccccc1. The van der Waals surface area contributed by atoms with Gasteiger partial charge in [-0.05, 0) is 35.7 Å². The number of anilines is 2. The van der Waals surface area contributed by atoms with E-state index in [1.54, 1.807) is 34.1 Å². The van der Waals surface area contributed by atoms with Crippen molar-refractivity contribution >= 4 is 40.5 Å². The predicted octanol–water partition coefficient (Wildman–Crippen LogP) is 3.63. The Labute approximate surface area is 190 Å². The van der Waals surface area contributed by atoms with Crippen LogP contribution in [0.5, 0.6) is 0 Å². The number of piperazine rings is 1. The van der Waals surface area contributed by atoms with Gasteiger partial charge >= 0.3 is 5.97 Å². The fraction of sp³-hybridized carbons (Fsp3) is 0.208. The van der Waals surface area contributed by atoms with Crippen LogP contribution in [0, 0.1) is 0 Å². The summed E-state index contributed by atoms with van der Waals surface area (Å²) in [6.07, 6.45) is 0. The molecule has 0 saturated carbocycles. The average molecular weight is 450 g/mol. The lowest BCUT2D eigenvalue weighted by atomic mass is 10.1. The molecule has 0 atom stereocenters. The summed E-state index contributed by atoms with van der Waals surface area (Å²) >= 11 is 1.41. The van der Waals surface area contributed by atoms with E-state index in [0.717, 1.165) is 5.69 Å². The van der Waals surface area contributed by atoms with Crippen LogP contribution in [-0.2, 0) is 9.53 Å². The highest BCUT2D eigenvalue weighted by Gasteiger charge is 2.26. The van der Waals surface area contributed by atoms with Crippen LogP contribution >= 0.6 is 11.3 Å². The van der Waals surface area contributed by atoms with Crippen molar-refractivity contribution in [2.75, 3.05) is 38.1 Å². The molecule has 1 fully saturated rings. The first-order chi connectivity index (χ1) is 15.6. The molecule has 0 unspecified atom stereocenters. The quantitative estimate of drug-likeness (QED) is 0.582. The Morgan fingerprint density at radius 1 is 0.844 bits per heavy atom. The molecule has 0 spiro atoms. The Kier molecular flexibility index (Phi) is 6.81. The number of carbonyl (C=O) groups is 3. The van der Waals surface area contributed by atoms with Crippen molar-refractivity contribution in [3.8, 4) is 0 Å². The van der Waals surface area contributed by atoms with E-state index in [1.807, 2.05) is 47.8 Å². The van der Waals surface area contributed by atoms with E-state index in [4.69, 9.17) is 4.74 Å². The molecule has 0 bridgehead atoms. The number of thiophene rings is 1. The molecule has 2 heterocycles. The van der Waals surface area contributed by atoms with Gasteiger partial charge in [-0.25, -0.2) is 4.79 Å². The molecule has 2 aromatic carbocycles. The van der Waals surface area contributed by atoms with Crippen LogP contribution in [0.4, 0.5) is 11.4 Å². The Hall–Kier alpha value is -3.65. The Bertz CT molecular complexity index is 1080. The molecule has 2 amide bonds. The molecule has 1 aliphatic heterocycles. The van der Waals surface area contributed by atoms with E-state index in [9.17, 15) is 14.4 Å². The van der Waals surface area contributed by atoms with Gasteiger partial charge in [-0.1, -0.05) is 36.4 Å². The van der Waals surface area contributed by atoms with Gasteiger partial charge in [0.1, 0.15) is 0 Å². The highest BCUT2D eigenvalue weighted by atomic mass is 32.1. The number of rotatable bonds is 6. The summed E-state index contributed by atoms with van der Waals surface area (Å²) in [5.41, 5.74) is 1.81. The lowest BCUT2D eigenvalue weighted by Gasteiger charge is -2.34. The number of benzene rings is 2. The van der Waals surface area contributed by atoms with Crippen LogP contribution in [0.15, 0.2) is 72.1 Å². The van der Waals surface area contributed by atoms with Gasteiger partial charge < -0.3 is 19.9 Å². The van der Waals surface area contributed by atoms with Gasteiger partial charge in [0.15, 0.2) is 6.61 Å². The van der Waals surface area contributed by atoms with Crippen molar-refractivity contribution in [1.82, 2.24) is 9.80 Å². The molecule has 3 aromatic rings. The maximum absolute atomic E-state index is 12.6. The van der Waals surface area contributed by atoms with Gasteiger partial charge in [-0.3, -0.25) is 9.59 Å². The zero-order valence-electron chi connectivity index (χ0n) is 17.4. The number of para-hydroxylation sites is 2. The molecule has 1 saturated heterocycles. The number of amides is 2. The highest BCUT2D eigenvalue weighted by molar-refractivity contribution is 7.12. The molecule has 7 nitrogen and oxygen atoms in total. The third-order valence-electron chi connectivity index (χ3n) is 5.18. The van der Waals surface area contributed by atoms with E-state index in [1.165, 1.54) is 11.3 Å². The number of ether oxygens (including phenoxy) is 1. The van der Waals surface area contributed by atoms with Gasteiger partial charge in [0, 0.05) is 31.9 Å². The minimum absolute atomic E-state index is 0.0129. The number of nitrogens with zero attached hydrogens (tertiary/aromatic N) is 2. The van der Waals surface area contributed by atoms with Crippen LogP contribution in [0.1, 0.15) is 20.0 Å². The van der Waals surface area contributed by atoms with Gasteiger partial charge in [-0.15, -0.1) is 11.3 Å². The third-order valence-corrected chi connectivity index (χ3v) is 6.04. The number of hydrogen-bond donors (Lipinski definition) is 1. The summed E-state index contributed by atoms with van der Waals surface area (Å²) in [7, 11) is 0. The second-order valence-corrected chi connectivity index (χ2v) is 8.21. The van der Waals surface area contributed by atoms with Crippen molar-refractivity contribution in [1.29, 1.82) is 0 Å². The summed E-state index contributed by atoms with van der Waals surface area (Å²) in [5.74, 6) is -0.847. The average Bonchev–Trinajstić information content (AvgIpc) is 3.38. The molecule has 1 N–H and O–H groups in total. The maximum atomic E-state index is 12.6. The number of hydrogen-bond acceptors (Lipinski definition) is 6. The largest absolute Gasteiger partial charge is 0.452 e. The number of carbonyl (C=O) groups excluding carboxylic acids is 3. The molecule has 1 aromatic heterocycles. The summed E-state index contributed by atoms with van der Waals surface area (Å²) in [4.78, 5) is 41.7. The minimum atomic E-state index is -0.566. The molecule has 8 heteroatoms. The van der Waals surface area contributed by atoms with Gasteiger partial charge in [0.2, 0.25) is 0 Å². The molecule has 1 aliphatic rings. The smallest absolute Gasteiger partial charge is 0.340 e. The minimum Gasteiger partial charge on any atom is -0.452 e. The second kappa shape index (κ2) is 10.1. The van der Waals surface area contributed by atoms with Gasteiger partial charge in [0.05, 0.1) is 16.1 Å². The van der Waals surface area contributed by atoms with Crippen molar-refractivity contribution in [3.63, 3.8) is 0 Å². The lowest BCUT2D eigenvalue weighted by Crippen LogP contribution is -2.51. The normalized spacial score (nSPS) is 13.5. The van der Waals surface area contributed by atoms with Crippen molar-refractivity contribution in [3.05, 3.63) is 82.6 Å².